The normalized spacial score (nSPS) is 11.6. The van der Waals surface area contributed by atoms with Crippen molar-refractivity contribution in [1.29, 1.82) is 0 Å². The third kappa shape index (κ3) is 4.23. The summed E-state index contributed by atoms with van der Waals surface area (Å²) in [6.45, 7) is 2.08. The van der Waals surface area contributed by atoms with Gasteiger partial charge in [0.05, 0.1) is 7.11 Å². The summed E-state index contributed by atoms with van der Waals surface area (Å²) in [5.41, 5.74) is 2.78. The molecule has 2 rings (SSSR count). The molecular weight excluding hydrogens is 332 g/mol. The van der Waals surface area contributed by atoms with Crippen molar-refractivity contribution < 1.29 is 9.53 Å². The van der Waals surface area contributed by atoms with E-state index in [2.05, 4.69) is 44.3 Å². The van der Waals surface area contributed by atoms with Crippen LogP contribution in [-0.2, 0) is 4.74 Å². The van der Waals surface area contributed by atoms with Crippen molar-refractivity contribution in [3.63, 3.8) is 0 Å². The highest BCUT2D eigenvalue weighted by atomic mass is 79.9. The van der Waals surface area contributed by atoms with Crippen molar-refractivity contribution in [3.05, 3.63) is 58.6 Å². The number of carbonyl (C=O) groups is 1. The highest BCUT2D eigenvalue weighted by Crippen LogP contribution is 2.26. The average Bonchev–Trinajstić information content (AvgIpc) is 2.47. The van der Waals surface area contributed by atoms with Gasteiger partial charge in [-0.2, -0.15) is 0 Å². The first-order valence-electron chi connectivity index (χ1n) is 6.56. The van der Waals surface area contributed by atoms with Crippen LogP contribution in [0.3, 0.4) is 0 Å². The smallest absolute Gasteiger partial charge is 0.411 e. The number of nitrogens with one attached hydrogen (secondary N) is 2. The van der Waals surface area contributed by atoms with Crippen molar-refractivity contribution in [2.45, 2.75) is 13.0 Å². The molecule has 0 heterocycles. The van der Waals surface area contributed by atoms with E-state index >= 15 is 0 Å². The fourth-order valence-electron chi connectivity index (χ4n) is 2.01. The Hall–Kier alpha value is -2.01. The Labute approximate surface area is 132 Å². The molecule has 0 saturated heterocycles. The molecule has 1 amide bonds. The van der Waals surface area contributed by atoms with Gasteiger partial charge in [-0.1, -0.05) is 40.2 Å². The molecular formula is C16H17BrN2O2. The number of methoxy groups -OCH3 is 1. The monoisotopic (exact) mass is 348 g/mol. The van der Waals surface area contributed by atoms with Crippen LogP contribution >= 0.6 is 15.9 Å². The first kappa shape index (κ1) is 15.4. The van der Waals surface area contributed by atoms with Crippen molar-refractivity contribution in [2.75, 3.05) is 17.7 Å². The van der Waals surface area contributed by atoms with Gasteiger partial charge in [-0.3, -0.25) is 5.32 Å². The van der Waals surface area contributed by atoms with Gasteiger partial charge >= 0.3 is 6.09 Å². The summed E-state index contributed by atoms with van der Waals surface area (Å²) >= 11 is 3.55. The summed E-state index contributed by atoms with van der Waals surface area (Å²) in [5.74, 6) is 0. The van der Waals surface area contributed by atoms with E-state index in [0.717, 1.165) is 10.2 Å². The molecule has 0 aliphatic carbocycles. The predicted octanol–water partition coefficient (Wildman–Crippen LogP) is 4.80. The Morgan fingerprint density at radius 1 is 1.14 bits per heavy atom. The van der Waals surface area contributed by atoms with Crippen LogP contribution in [0.15, 0.2) is 53.0 Å². The van der Waals surface area contributed by atoms with Gasteiger partial charge < -0.3 is 10.1 Å². The Morgan fingerprint density at radius 3 is 2.57 bits per heavy atom. The van der Waals surface area contributed by atoms with Gasteiger partial charge in [0.25, 0.3) is 0 Å². The number of hydrogen-bond acceptors (Lipinski definition) is 3. The van der Waals surface area contributed by atoms with E-state index in [-0.39, 0.29) is 6.04 Å². The Bertz CT molecular complexity index is 631. The molecule has 0 bridgehead atoms. The Kier molecular flexibility index (Phi) is 5.22. The second-order valence-corrected chi connectivity index (χ2v) is 5.44. The molecule has 0 aliphatic heterocycles. The number of benzene rings is 2. The fourth-order valence-corrected chi connectivity index (χ4v) is 2.64. The molecule has 2 aromatic carbocycles. The molecule has 2 N–H and O–H groups in total. The SMILES string of the molecule is COC(=O)Nc1cccc(NC(C)c2ccccc2Br)c1. The van der Waals surface area contributed by atoms with Crippen LogP contribution in [0.1, 0.15) is 18.5 Å². The maximum Gasteiger partial charge on any atom is 0.411 e. The zero-order valence-corrected chi connectivity index (χ0v) is 13.5. The van der Waals surface area contributed by atoms with Crippen molar-refractivity contribution in [1.82, 2.24) is 0 Å². The minimum atomic E-state index is -0.481. The second kappa shape index (κ2) is 7.13. The largest absolute Gasteiger partial charge is 0.453 e. The molecule has 1 unspecified atom stereocenters. The molecule has 21 heavy (non-hydrogen) atoms. The third-order valence-corrected chi connectivity index (χ3v) is 3.77. The summed E-state index contributed by atoms with van der Waals surface area (Å²) < 4.78 is 5.65. The lowest BCUT2D eigenvalue weighted by molar-refractivity contribution is 0.187. The third-order valence-electron chi connectivity index (χ3n) is 3.05. The Balaban J connectivity index is 2.11. The molecule has 110 valence electrons. The summed E-state index contributed by atoms with van der Waals surface area (Å²) in [4.78, 5) is 11.2. The van der Waals surface area contributed by atoms with Crippen LogP contribution in [0.25, 0.3) is 0 Å². The number of halogens is 1. The van der Waals surface area contributed by atoms with Gasteiger partial charge in [-0.15, -0.1) is 0 Å². The number of anilines is 2. The minimum Gasteiger partial charge on any atom is -0.453 e. The van der Waals surface area contributed by atoms with Gasteiger partial charge in [0.15, 0.2) is 0 Å². The second-order valence-electron chi connectivity index (χ2n) is 4.58. The summed E-state index contributed by atoms with van der Waals surface area (Å²) in [5, 5.41) is 6.05. The Morgan fingerprint density at radius 2 is 1.86 bits per heavy atom. The van der Waals surface area contributed by atoms with Crippen molar-refractivity contribution in [3.8, 4) is 0 Å². The quantitative estimate of drug-likeness (QED) is 0.834. The predicted molar refractivity (Wildman–Crippen MR) is 88.6 cm³/mol. The lowest BCUT2D eigenvalue weighted by atomic mass is 10.1. The lowest BCUT2D eigenvalue weighted by Gasteiger charge is -2.17. The first-order chi connectivity index (χ1) is 10.1. The van der Waals surface area contributed by atoms with Crippen molar-refractivity contribution in [2.24, 2.45) is 0 Å². The molecule has 0 aromatic heterocycles. The highest BCUT2D eigenvalue weighted by molar-refractivity contribution is 9.10. The van der Waals surface area contributed by atoms with Gasteiger partial charge in [0.1, 0.15) is 0 Å². The number of amides is 1. The fraction of sp³-hybridized carbons (Fsp3) is 0.188. The van der Waals surface area contributed by atoms with Crippen LogP contribution < -0.4 is 10.6 Å². The highest BCUT2D eigenvalue weighted by Gasteiger charge is 2.09. The van der Waals surface area contributed by atoms with E-state index in [1.807, 2.05) is 42.5 Å². The van der Waals surface area contributed by atoms with E-state index in [0.29, 0.717) is 5.69 Å². The number of rotatable bonds is 4. The molecule has 5 heteroatoms. The zero-order chi connectivity index (χ0) is 15.2. The van der Waals surface area contributed by atoms with E-state index < -0.39 is 6.09 Å². The molecule has 0 aliphatic rings. The maximum absolute atomic E-state index is 11.2. The van der Waals surface area contributed by atoms with E-state index in [1.54, 1.807) is 0 Å². The van der Waals surface area contributed by atoms with E-state index in [1.165, 1.54) is 12.7 Å². The molecule has 0 saturated carbocycles. The molecule has 0 spiro atoms. The summed E-state index contributed by atoms with van der Waals surface area (Å²) in [7, 11) is 1.34. The van der Waals surface area contributed by atoms with Crippen LogP contribution in [0.4, 0.5) is 16.2 Å². The molecule has 4 nitrogen and oxygen atoms in total. The van der Waals surface area contributed by atoms with E-state index in [4.69, 9.17) is 0 Å². The van der Waals surface area contributed by atoms with Gasteiger partial charge in [-0.05, 0) is 36.8 Å². The molecule has 2 aromatic rings. The first-order valence-corrected chi connectivity index (χ1v) is 7.35. The molecule has 1 atom stereocenters. The van der Waals surface area contributed by atoms with Crippen LogP contribution in [0.2, 0.25) is 0 Å². The van der Waals surface area contributed by atoms with Gasteiger partial charge in [0.2, 0.25) is 0 Å². The van der Waals surface area contributed by atoms with Gasteiger partial charge in [0, 0.05) is 21.9 Å². The molecule has 0 fully saturated rings. The van der Waals surface area contributed by atoms with Crippen LogP contribution in [0.5, 0.6) is 0 Å². The molecule has 0 radical (unpaired) electrons. The topological polar surface area (TPSA) is 50.4 Å². The van der Waals surface area contributed by atoms with Gasteiger partial charge in [-0.25, -0.2) is 4.79 Å². The number of carbonyl (C=O) groups excluding carboxylic acids is 1. The minimum absolute atomic E-state index is 0.133. The standard InChI is InChI=1S/C16H17BrN2O2/c1-11(14-8-3-4-9-15(14)17)18-12-6-5-7-13(10-12)19-16(20)21-2/h3-11,18H,1-2H3,(H,19,20). The van der Waals surface area contributed by atoms with Crippen LogP contribution in [0, 0.1) is 0 Å². The zero-order valence-electron chi connectivity index (χ0n) is 11.9. The summed E-state index contributed by atoms with van der Waals surface area (Å²) in [6.07, 6.45) is -0.481. The average molecular weight is 349 g/mol. The maximum atomic E-state index is 11.2. The van der Waals surface area contributed by atoms with Crippen molar-refractivity contribution >= 4 is 33.4 Å². The number of hydrogen-bond donors (Lipinski definition) is 2. The number of ether oxygens (including phenoxy) is 1. The summed E-state index contributed by atoms with van der Waals surface area (Å²) in [6, 6.07) is 15.7. The van der Waals surface area contributed by atoms with E-state index in [9.17, 15) is 4.79 Å². The van der Waals surface area contributed by atoms with Crippen LogP contribution in [-0.4, -0.2) is 13.2 Å². The lowest BCUT2D eigenvalue weighted by Crippen LogP contribution is -2.11.